The zero-order valence-corrected chi connectivity index (χ0v) is 11.6. The lowest BCUT2D eigenvalue weighted by Gasteiger charge is -2.17. The second-order valence-electron chi connectivity index (χ2n) is 5.31. The maximum absolute atomic E-state index is 12.1. The van der Waals surface area contributed by atoms with Crippen LogP contribution in [0.25, 0.3) is 28.0 Å². The summed E-state index contributed by atoms with van der Waals surface area (Å²) in [5.74, 6) is -0.638. The largest absolute Gasteiger partial charge is 0.504 e. The van der Waals surface area contributed by atoms with Gasteiger partial charge in [0.05, 0.1) is 0 Å². The number of benzene rings is 3. The van der Waals surface area contributed by atoms with Crippen molar-refractivity contribution >= 4 is 22.6 Å². The Hall–Kier alpha value is -3.07. The van der Waals surface area contributed by atoms with Gasteiger partial charge in [0, 0.05) is 16.3 Å². The molecule has 3 aromatic carbocycles. The number of carbonyl (C=O) groups excluding carboxylic acids is 1. The molecule has 106 valence electrons. The van der Waals surface area contributed by atoms with Crippen molar-refractivity contribution in [3.8, 4) is 22.6 Å². The van der Waals surface area contributed by atoms with Gasteiger partial charge in [-0.2, -0.15) is 0 Å². The molecule has 4 rings (SSSR count). The summed E-state index contributed by atoms with van der Waals surface area (Å²) < 4.78 is 0. The molecule has 2 N–H and O–H groups in total. The van der Waals surface area contributed by atoms with Crippen LogP contribution in [-0.4, -0.2) is 16.0 Å². The van der Waals surface area contributed by atoms with Crippen molar-refractivity contribution in [2.75, 3.05) is 0 Å². The molecule has 0 aromatic heterocycles. The predicted molar refractivity (Wildman–Crippen MR) is 86.1 cm³/mol. The van der Waals surface area contributed by atoms with E-state index in [0.29, 0.717) is 16.3 Å². The van der Waals surface area contributed by atoms with E-state index in [1.165, 1.54) is 12.1 Å². The van der Waals surface area contributed by atoms with E-state index in [0.717, 1.165) is 16.7 Å². The molecule has 1 aliphatic rings. The molecule has 1 aliphatic carbocycles. The summed E-state index contributed by atoms with van der Waals surface area (Å²) in [5, 5.41) is 21.6. The number of carbonyl (C=O) groups is 1. The molecule has 0 atom stereocenters. The molecular formula is C19H12O3. The van der Waals surface area contributed by atoms with E-state index in [1.807, 2.05) is 42.5 Å². The van der Waals surface area contributed by atoms with Crippen LogP contribution in [-0.2, 0) is 0 Å². The van der Waals surface area contributed by atoms with Crippen molar-refractivity contribution in [2.45, 2.75) is 0 Å². The molecule has 0 saturated heterocycles. The lowest BCUT2D eigenvalue weighted by molar-refractivity contribution is 0.104. The van der Waals surface area contributed by atoms with Crippen LogP contribution in [0.2, 0.25) is 0 Å². The van der Waals surface area contributed by atoms with Gasteiger partial charge in [0.1, 0.15) is 0 Å². The Labute approximate surface area is 126 Å². The molecule has 0 saturated carbocycles. The molecule has 0 aliphatic heterocycles. The van der Waals surface area contributed by atoms with E-state index in [4.69, 9.17) is 0 Å². The average molecular weight is 288 g/mol. The van der Waals surface area contributed by atoms with Crippen LogP contribution in [0.1, 0.15) is 15.9 Å². The molecule has 0 spiro atoms. The van der Waals surface area contributed by atoms with Gasteiger partial charge >= 0.3 is 0 Å². The van der Waals surface area contributed by atoms with Crippen molar-refractivity contribution in [2.24, 2.45) is 0 Å². The molecule has 0 heterocycles. The van der Waals surface area contributed by atoms with Gasteiger partial charge in [-0.05, 0) is 28.8 Å². The Morgan fingerprint density at radius 3 is 2.32 bits per heavy atom. The van der Waals surface area contributed by atoms with E-state index in [-0.39, 0.29) is 17.3 Å². The fourth-order valence-electron chi connectivity index (χ4n) is 3.01. The summed E-state index contributed by atoms with van der Waals surface area (Å²) in [6.45, 7) is 0. The van der Waals surface area contributed by atoms with Gasteiger partial charge in [-0.1, -0.05) is 48.5 Å². The van der Waals surface area contributed by atoms with E-state index in [9.17, 15) is 15.0 Å². The zero-order valence-electron chi connectivity index (χ0n) is 11.6. The Balaban J connectivity index is 2.21. The van der Waals surface area contributed by atoms with Crippen LogP contribution in [0, 0.1) is 0 Å². The summed E-state index contributed by atoms with van der Waals surface area (Å²) in [6.07, 6.45) is 3.22. The molecule has 3 heteroatoms. The topological polar surface area (TPSA) is 57.5 Å². The van der Waals surface area contributed by atoms with Gasteiger partial charge in [0.25, 0.3) is 0 Å². The van der Waals surface area contributed by atoms with Crippen molar-refractivity contribution in [1.29, 1.82) is 0 Å². The number of aromatic hydroxyl groups is 2. The maximum atomic E-state index is 12.1. The Morgan fingerprint density at radius 1 is 0.773 bits per heavy atom. The third kappa shape index (κ3) is 1.66. The third-order valence-electron chi connectivity index (χ3n) is 4.03. The Kier molecular flexibility index (Phi) is 2.57. The Bertz CT molecular complexity index is 954. The number of phenols is 2. The van der Waals surface area contributed by atoms with Crippen LogP contribution < -0.4 is 0 Å². The summed E-state index contributed by atoms with van der Waals surface area (Å²) in [6, 6.07) is 14.8. The van der Waals surface area contributed by atoms with Gasteiger partial charge in [0.15, 0.2) is 17.3 Å². The number of hydrogen-bond acceptors (Lipinski definition) is 3. The summed E-state index contributed by atoms with van der Waals surface area (Å²) >= 11 is 0. The first-order chi connectivity index (χ1) is 10.7. The number of phenolic OH excluding ortho intramolecular Hbond substituents is 2. The van der Waals surface area contributed by atoms with Gasteiger partial charge < -0.3 is 10.2 Å². The fourth-order valence-corrected chi connectivity index (χ4v) is 3.01. The van der Waals surface area contributed by atoms with Crippen molar-refractivity contribution < 1.29 is 15.0 Å². The van der Waals surface area contributed by atoms with Crippen molar-refractivity contribution in [3.05, 3.63) is 65.7 Å². The number of rotatable bonds is 1. The van der Waals surface area contributed by atoms with Crippen LogP contribution in [0.3, 0.4) is 0 Å². The SMILES string of the molecule is O=C1C=Cc2ccc(-c3ccccc3)c3c(O)c(O)cc1c23. The normalized spacial score (nSPS) is 12.8. The summed E-state index contributed by atoms with van der Waals surface area (Å²) in [5.41, 5.74) is 2.99. The molecule has 22 heavy (non-hydrogen) atoms. The van der Waals surface area contributed by atoms with Gasteiger partial charge in [-0.25, -0.2) is 0 Å². The molecule has 3 aromatic rings. The predicted octanol–water partition coefficient (Wildman–Crippen LogP) is 4.13. The second-order valence-corrected chi connectivity index (χ2v) is 5.31. The average Bonchev–Trinajstić information content (AvgIpc) is 2.55. The summed E-state index contributed by atoms with van der Waals surface area (Å²) in [4.78, 5) is 12.1. The first kappa shape index (κ1) is 12.7. The van der Waals surface area contributed by atoms with E-state index < -0.39 is 0 Å². The van der Waals surface area contributed by atoms with Crippen LogP contribution >= 0.6 is 0 Å². The quantitative estimate of drug-likeness (QED) is 0.662. The lowest BCUT2D eigenvalue weighted by Crippen LogP contribution is -2.02. The van der Waals surface area contributed by atoms with E-state index in [2.05, 4.69) is 0 Å². The highest BCUT2D eigenvalue weighted by Gasteiger charge is 2.22. The molecule has 0 fully saturated rings. The molecule has 0 bridgehead atoms. The van der Waals surface area contributed by atoms with Crippen LogP contribution in [0.4, 0.5) is 0 Å². The molecular weight excluding hydrogens is 276 g/mol. The number of allylic oxidation sites excluding steroid dienone is 1. The fraction of sp³-hybridized carbons (Fsp3) is 0. The minimum absolute atomic E-state index is 0.169. The van der Waals surface area contributed by atoms with E-state index >= 15 is 0 Å². The first-order valence-corrected chi connectivity index (χ1v) is 6.96. The third-order valence-corrected chi connectivity index (χ3v) is 4.03. The minimum atomic E-state index is -0.277. The van der Waals surface area contributed by atoms with Crippen LogP contribution in [0.5, 0.6) is 11.5 Å². The highest BCUT2D eigenvalue weighted by molar-refractivity contribution is 6.23. The van der Waals surface area contributed by atoms with Crippen LogP contribution in [0.15, 0.2) is 54.6 Å². The standard InChI is InChI=1S/C19H12O3/c20-15-9-7-12-6-8-13(11-4-2-1-3-5-11)18-17(12)14(15)10-16(21)19(18)22/h1-10,21-22H. The lowest BCUT2D eigenvalue weighted by atomic mass is 9.87. The molecule has 3 nitrogen and oxygen atoms in total. The Morgan fingerprint density at radius 2 is 1.55 bits per heavy atom. The number of hydrogen-bond donors (Lipinski definition) is 2. The molecule has 0 radical (unpaired) electrons. The molecule has 0 unspecified atom stereocenters. The first-order valence-electron chi connectivity index (χ1n) is 6.96. The molecule has 0 amide bonds. The second kappa shape index (κ2) is 4.46. The maximum Gasteiger partial charge on any atom is 0.186 e. The van der Waals surface area contributed by atoms with Crippen molar-refractivity contribution in [3.63, 3.8) is 0 Å². The van der Waals surface area contributed by atoms with Gasteiger partial charge in [0.2, 0.25) is 0 Å². The monoisotopic (exact) mass is 288 g/mol. The highest BCUT2D eigenvalue weighted by Crippen LogP contribution is 2.44. The van der Waals surface area contributed by atoms with Gasteiger partial charge in [-0.3, -0.25) is 4.79 Å². The minimum Gasteiger partial charge on any atom is -0.504 e. The zero-order chi connectivity index (χ0) is 15.3. The van der Waals surface area contributed by atoms with Crippen molar-refractivity contribution in [1.82, 2.24) is 0 Å². The summed E-state index contributed by atoms with van der Waals surface area (Å²) in [7, 11) is 0. The highest BCUT2D eigenvalue weighted by atomic mass is 16.3. The van der Waals surface area contributed by atoms with Gasteiger partial charge in [-0.15, -0.1) is 0 Å². The van der Waals surface area contributed by atoms with E-state index in [1.54, 1.807) is 6.08 Å². The number of ketones is 1. The smallest absolute Gasteiger partial charge is 0.186 e.